The number of hydrogen-bond donors (Lipinski definition) is 1. The molecule has 1 saturated carbocycles. The molecule has 0 aromatic heterocycles. The van der Waals surface area contributed by atoms with Crippen molar-refractivity contribution in [3.8, 4) is 0 Å². The van der Waals surface area contributed by atoms with Crippen LogP contribution >= 0.6 is 0 Å². The van der Waals surface area contributed by atoms with Crippen LogP contribution in [0.3, 0.4) is 0 Å². The molecule has 2 rings (SSSR count). The summed E-state index contributed by atoms with van der Waals surface area (Å²) in [6.07, 6.45) is 6.89. The van der Waals surface area contributed by atoms with E-state index in [1.54, 1.807) is 7.11 Å². The van der Waals surface area contributed by atoms with Crippen molar-refractivity contribution in [1.82, 2.24) is 5.01 Å². The van der Waals surface area contributed by atoms with Gasteiger partial charge in [-0.3, -0.25) is 5.84 Å². The smallest absolute Gasteiger partial charge is 0.0509 e. The van der Waals surface area contributed by atoms with Crippen molar-refractivity contribution >= 4 is 0 Å². The van der Waals surface area contributed by atoms with Gasteiger partial charge in [-0.2, -0.15) is 0 Å². The number of nitrogens with zero attached hydrogens (tertiary/aromatic N) is 1. The van der Waals surface area contributed by atoms with Crippen LogP contribution in [0.4, 0.5) is 0 Å². The summed E-state index contributed by atoms with van der Waals surface area (Å²) in [7, 11) is 1.80. The number of nitrogens with two attached hydrogens (primary N) is 1. The van der Waals surface area contributed by atoms with Crippen LogP contribution in [-0.4, -0.2) is 31.8 Å². The summed E-state index contributed by atoms with van der Waals surface area (Å²) >= 11 is 0. The molecule has 2 N–H and O–H groups in total. The predicted molar refractivity (Wildman–Crippen MR) is 56.6 cm³/mol. The SMILES string of the molecule is COCC1CN(N)CC12CCCCC2. The maximum Gasteiger partial charge on any atom is 0.0509 e. The molecule has 1 atom stereocenters. The van der Waals surface area contributed by atoms with Crippen molar-refractivity contribution < 1.29 is 4.74 Å². The second-order valence-corrected chi connectivity index (χ2v) is 5.00. The van der Waals surface area contributed by atoms with E-state index in [0.717, 1.165) is 19.7 Å². The molecule has 2 fully saturated rings. The quantitative estimate of drug-likeness (QED) is 0.681. The summed E-state index contributed by atoms with van der Waals surface area (Å²) in [5.41, 5.74) is 0.489. The topological polar surface area (TPSA) is 38.5 Å². The van der Waals surface area contributed by atoms with Crippen molar-refractivity contribution in [2.24, 2.45) is 17.2 Å². The summed E-state index contributed by atoms with van der Waals surface area (Å²) in [5.74, 6) is 6.60. The molecule has 1 aliphatic heterocycles. The fraction of sp³-hybridized carbons (Fsp3) is 1.00. The molecule has 0 radical (unpaired) electrons. The molecule has 0 aromatic carbocycles. The minimum absolute atomic E-state index is 0.489. The molecule has 1 aliphatic carbocycles. The van der Waals surface area contributed by atoms with E-state index in [4.69, 9.17) is 10.6 Å². The van der Waals surface area contributed by atoms with Gasteiger partial charge in [0, 0.05) is 26.1 Å². The predicted octanol–water partition coefficient (Wildman–Crippen LogP) is 1.39. The van der Waals surface area contributed by atoms with Gasteiger partial charge in [0.2, 0.25) is 0 Å². The van der Waals surface area contributed by atoms with Gasteiger partial charge in [-0.25, -0.2) is 5.01 Å². The van der Waals surface area contributed by atoms with Gasteiger partial charge in [0.1, 0.15) is 0 Å². The van der Waals surface area contributed by atoms with Crippen LogP contribution in [0.2, 0.25) is 0 Å². The van der Waals surface area contributed by atoms with Crippen molar-refractivity contribution in [1.29, 1.82) is 0 Å². The minimum atomic E-state index is 0.489. The molecule has 0 amide bonds. The van der Waals surface area contributed by atoms with Crippen LogP contribution in [0, 0.1) is 11.3 Å². The van der Waals surface area contributed by atoms with Crippen LogP contribution in [0.15, 0.2) is 0 Å². The van der Waals surface area contributed by atoms with E-state index in [2.05, 4.69) is 0 Å². The molecular weight excluding hydrogens is 176 g/mol. The van der Waals surface area contributed by atoms with Crippen LogP contribution < -0.4 is 5.84 Å². The Morgan fingerprint density at radius 1 is 1.36 bits per heavy atom. The van der Waals surface area contributed by atoms with E-state index in [1.165, 1.54) is 32.1 Å². The fourth-order valence-electron chi connectivity index (χ4n) is 3.33. The average molecular weight is 198 g/mol. The molecule has 3 nitrogen and oxygen atoms in total. The first-order valence-electron chi connectivity index (χ1n) is 5.75. The zero-order chi connectivity index (χ0) is 10.0. The molecule has 0 aromatic rings. The summed E-state index contributed by atoms with van der Waals surface area (Å²) in [5, 5.41) is 2.00. The van der Waals surface area contributed by atoms with E-state index in [9.17, 15) is 0 Å². The summed E-state index contributed by atoms with van der Waals surface area (Å²) in [4.78, 5) is 0. The Labute approximate surface area is 86.6 Å². The number of hydrogen-bond acceptors (Lipinski definition) is 3. The Bertz CT molecular complexity index is 190. The van der Waals surface area contributed by atoms with Gasteiger partial charge in [0.15, 0.2) is 0 Å². The van der Waals surface area contributed by atoms with E-state index >= 15 is 0 Å². The fourth-order valence-corrected chi connectivity index (χ4v) is 3.33. The lowest BCUT2D eigenvalue weighted by Crippen LogP contribution is -2.35. The van der Waals surface area contributed by atoms with Gasteiger partial charge in [0.05, 0.1) is 6.61 Å². The standard InChI is InChI=1S/C11H22N2O/c1-14-8-10-7-13(12)9-11(10)5-3-2-4-6-11/h10H,2-9,12H2,1H3. The molecule has 0 bridgehead atoms. The van der Waals surface area contributed by atoms with E-state index in [1.807, 2.05) is 5.01 Å². The first kappa shape index (κ1) is 10.4. The third-order valence-electron chi connectivity index (χ3n) is 4.06. The molecule has 3 heteroatoms. The summed E-state index contributed by atoms with van der Waals surface area (Å²) in [6, 6.07) is 0. The van der Waals surface area contributed by atoms with Crippen LogP contribution in [-0.2, 0) is 4.74 Å². The molecule has 1 spiro atoms. The van der Waals surface area contributed by atoms with Crippen LogP contribution in [0.25, 0.3) is 0 Å². The Morgan fingerprint density at radius 3 is 2.71 bits per heavy atom. The molecule has 1 heterocycles. The number of rotatable bonds is 2. The number of methoxy groups -OCH3 is 1. The molecule has 1 saturated heterocycles. The average Bonchev–Trinajstić information content (AvgIpc) is 2.45. The van der Waals surface area contributed by atoms with Gasteiger partial charge in [0.25, 0.3) is 0 Å². The molecular formula is C11H22N2O. The minimum Gasteiger partial charge on any atom is -0.384 e. The maximum absolute atomic E-state index is 5.94. The molecule has 2 aliphatic rings. The molecule has 1 unspecified atom stereocenters. The Morgan fingerprint density at radius 2 is 2.07 bits per heavy atom. The van der Waals surface area contributed by atoms with Crippen molar-refractivity contribution in [3.63, 3.8) is 0 Å². The highest BCUT2D eigenvalue weighted by Gasteiger charge is 2.45. The zero-order valence-electron chi connectivity index (χ0n) is 9.17. The number of ether oxygens (including phenoxy) is 1. The van der Waals surface area contributed by atoms with Gasteiger partial charge < -0.3 is 4.74 Å². The summed E-state index contributed by atoms with van der Waals surface area (Å²) < 4.78 is 5.32. The van der Waals surface area contributed by atoms with Gasteiger partial charge in [-0.05, 0) is 18.3 Å². The van der Waals surface area contributed by atoms with Gasteiger partial charge in [-0.1, -0.05) is 19.3 Å². The van der Waals surface area contributed by atoms with E-state index < -0.39 is 0 Å². The monoisotopic (exact) mass is 198 g/mol. The lowest BCUT2D eigenvalue weighted by Gasteiger charge is -2.37. The summed E-state index contributed by atoms with van der Waals surface area (Å²) in [6.45, 7) is 2.99. The van der Waals surface area contributed by atoms with Crippen molar-refractivity contribution in [2.75, 3.05) is 26.8 Å². The third kappa shape index (κ3) is 1.81. The van der Waals surface area contributed by atoms with E-state index in [0.29, 0.717) is 11.3 Å². The number of hydrazine groups is 1. The third-order valence-corrected chi connectivity index (χ3v) is 4.06. The highest BCUT2D eigenvalue weighted by atomic mass is 16.5. The van der Waals surface area contributed by atoms with Crippen molar-refractivity contribution in [2.45, 2.75) is 32.1 Å². The van der Waals surface area contributed by atoms with Gasteiger partial charge >= 0.3 is 0 Å². The lowest BCUT2D eigenvalue weighted by molar-refractivity contribution is 0.0666. The van der Waals surface area contributed by atoms with Crippen LogP contribution in [0.5, 0.6) is 0 Å². The Hall–Kier alpha value is -0.120. The largest absolute Gasteiger partial charge is 0.384 e. The van der Waals surface area contributed by atoms with E-state index in [-0.39, 0.29) is 0 Å². The highest BCUT2D eigenvalue weighted by Crippen LogP contribution is 2.46. The lowest BCUT2D eigenvalue weighted by atomic mass is 9.68. The highest BCUT2D eigenvalue weighted by molar-refractivity contribution is 4.96. The normalized spacial score (nSPS) is 32.6. The van der Waals surface area contributed by atoms with Gasteiger partial charge in [-0.15, -0.1) is 0 Å². The molecule has 14 heavy (non-hydrogen) atoms. The van der Waals surface area contributed by atoms with Crippen molar-refractivity contribution in [3.05, 3.63) is 0 Å². The molecule has 82 valence electrons. The second-order valence-electron chi connectivity index (χ2n) is 5.00. The second kappa shape index (κ2) is 4.17. The van der Waals surface area contributed by atoms with Crippen LogP contribution in [0.1, 0.15) is 32.1 Å². The Balaban J connectivity index is 2.05. The zero-order valence-corrected chi connectivity index (χ0v) is 9.17. The maximum atomic E-state index is 5.94. The first-order chi connectivity index (χ1) is 6.77. The Kier molecular flexibility index (Phi) is 3.10. The first-order valence-corrected chi connectivity index (χ1v) is 5.75.